The SMILES string of the molecule is CC(=O)Nc1ccc(COC(=O)O[C@@H](c2ccccc2)[C@@H](C)N)cc1. The van der Waals surface area contributed by atoms with Crippen molar-refractivity contribution in [1.29, 1.82) is 0 Å². The summed E-state index contributed by atoms with van der Waals surface area (Å²) in [6.45, 7) is 3.28. The van der Waals surface area contributed by atoms with Crippen molar-refractivity contribution in [2.45, 2.75) is 32.6 Å². The van der Waals surface area contributed by atoms with Crippen molar-refractivity contribution in [2.24, 2.45) is 5.73 Å². The number of nitrogens with two attached hydrogens (primary N) is 1. The lowest BCUT2D eigenvalue weighted by molar-refractivity contribution is -0.114. The molecule has 2 aromatic carbocycles. The fourth-order valence-corrected chi connectivity index (χ4v) is 2.29. The lowest BCUT2D eigenvalue weighted by Gasteiger charge is -2.21. The molecule has 0 aliphatic heterocycles. The Morgan fingerprint density at radius 1 is 1.08 bits per heavy atom. The van der Waals surface area contributed by atoms with Gasteiger partial charge >= 0.3 is 6.16 Å². The average molecular weight is 342 g/mol. The van der Waals surface area contributed by atoms with Crippen LogP contribution in [0.5, 0.6) is 0 Å². The minimum Gasteiger partial charge on any atom is -0.429 e. The summed E-state index contributed by atoms with van der Waals surface area (Å²) in [5.74, 6) is -0.143. The van der Waals surface area contributed by atoms with Crippen molar-refractivity contribution < 1.29 is 19.1 Å². The molecule has 6 nitrogen and oxygen atoms in total. The Morgan fingerprint density at radius 3 is 2.28 bits per heavy atom. The molecule has 2 rings (SSSR count). The van der Waals surface area contributed by atoms with Gasteiger partial charge in [-0.15, -0.1) is 0 Å². The van der Waals surface area contributed by atoms with Crippen molar-refractivity contribution >= 4 is 17.7 Å². The molecule has 6 heteroatoms. The number of carbonyl (C=O) groups is 2. The number of hydrogen-bond acceptors (Lipinski definition) is 5. The first-order chi connectivity index (χ1) is 12.0. The molecule has 0 radical (unpaired) electrons. The van der Waals surface area contributed by atoms with Crippen LogP contribution >= 0.6 is 0 Å². The molecule has 0 heterocycles. The molecule has 2 aromatic rings. The number of carbonyl (C=O) groups excluding carboxylic acids is 2. The van der Waals surface area contributed by atoms with E-state index in [1.54, 1.807) is 31.2 Å². The van der Waals surface area contributed by atoms with Crippen molar-refractivity contribution in [3.05, 3.63) is 65.7 Å². The van der Waals surface area contributed by atoms with Crippen LogP contribution < -0.4 is 11.1 Å². The van der Waals surface area contributed by atoms with Gasteiger partial charge in [0.15, 0.2) is 0 Å². The molecule has 0 aromatic heterocycles. The van der Waals surface area contributed by atoms with Crippen LogP contribution in [0.4, 0.5) is 10.5 Å². The molecule has 3 N–H and O–H groups in total. The lowest BCUT2D eigenvalue weighted by atomic mass is 10.0. The van der Waals surface area contributed by atoms with Gasteiger partial charge in [0.25, 0.3) is 0 Å². The first kappa shape index (κ1) is 18.5. The molecule has 0 saturated heterocycles. The molecule has 25 heavy (non-hydrogen) atoms. The predicted molar refractivity (Wildman–Crippen MR) is 94.8 cm³/mol. The number of hydrogen-bond donors (Lipinski definition) is 2. The fourth-order valence-electron chi connectivity index (χ4n) is 2.29. The Balaban J connectivity index is 1.90. The molecule has 0 spiro atoms. The van der Waals surface area contributed by atoms with E-state index < -0.39 is 12.3 Å². The van der Waals surface area contributed by atoms with Gasteiger partial charge < -0.3 is 20.5 Å². The second kappa shape index (κ2) is 8.84. The standard InChI is InChI=1S/C19H22N2O4/c1-13(20)18(16-6-4-3-5-7-16)25-19(23)24-12-15-8-10-17(11-9-15)21-14(2)22/h3-11,13,18H,12,20H2,1-2H3,(H,21,22)/t13-,18-/m1/s1. The Morgan fingerprint density at radius 2 is 1.72 bits per heavy atom. The molecule has 2 atom stereocenters. The van der Waals surface area contributed by atoms with Gasteiger partial charge in [0, 0.05) is 18.7 Å². The van der Waals surface area contributed by atoms with Gasteiger partial charge in [-0.3, -0.25) is 4.79 Å². The van der Waals surface area contributed by atoms with E-state index in [1.807, 2.05) is 30.3 Å². The van der Waals surface area contributed by atoms with E-state index in [2.05, 4.69) is 5.32 Å². The zero-order valence-electron chi connectivity index (χ0n) is 14.3. The molecule has 0 saturated carbocycles. The maximum absolute atomic E-state index is 12.0. The Bertz CT molecular complexity index is 699. The molecule has 0 fully saturated rings. The number of amides is 1. The van der Waals surface area contributed by atoms with Crippen LogP contribution in [0.1, 0.15) is 31.1 Å². The smallest absolute Gasteiger partial charge is 0.429 e. The average Bonchev–Trinajstić information content (AvgIpc) is 2.59. The number of benzene rings is 2. The normalized spacial score (nSPS) is 12.8. The van der Waals surface area contributed by atoms with Crippen LogP contribution in [0.15, 0.2) is 54.6 Å². The lowest BCUT2D eigenvalue weighted by Crippen LogP contribution is -2.29. The van der Waals surface area contributed by atoms with Crippen LogP contribution in [0, 0.1) is 0 Å². The third-order valence-electron chi connectivity index (χ3n) is 3.46. The topological polar surface area (TPSA) is 90.6 Å². The van der Waals surface area contributed by atoms with E-state index in [-0.39, 0.29) is 18.6 Å². The van der Waals surface area contributed by atoms with Crippen LogP contribution in [0.25, 0.3) is 0 Å². The summed E-state index contributed by atoms with van der Waals surface area (Å²) in [4.78, 5) is 22.9. The zero-order valence-corrected chi connectivity index (χ0v) is 14.3. The minimum atomic E-state index is -0.780. The summed E-state index contributed by atoms with van der Waals surface area (Å²) in [7, 11) is 0. The van der Waals surface area contributed by atoms with Crippen molar-refractivity contribution in [3.8, 4) is 0 Å². The van der Waals surface area contributed by atoms with E-state index in [4.69, 9.17) is 15.2 Å². The zero-order chi connectivity index (χ0) is 18.2. The van der Waals surface area contributed by atoms with Crippen LogP contribution in [0.2, 0.25) is 0 Å². The Kier molecular flexibility index (Phi) is 6.54. The molecule has 0 aliphatic carbocycles. The van der Waals surface area contributed by atoms with Crippen molar-refractivity contribution in [2.75, 3.05) is 5.32 Å². The van der Waals surface area contributed by atoms with E-state index in [0.717, 1.165) is 11.1 Å². The molecule has 0 unspecified atom stereocenters. The highest BCUT2D eigenvalue weighted by atomic mass is 16.7. The van der Waals surface area contributed by atoms with Gasteiger partial charge in [0.1, 0.15) is 12.7 Å². The van der Waals surface area contributed by atoms with Crippen LogP contribution in [-0.2, 0) is 20.9 Å². The first-order valence-electron chi connectivity index (χ1n) is 7.96. The van der Waals surface area contributed by atoms with Gasteiger partial charge in [-0.2, -0.15) is 0 Å². The minimum absolute atomic E-state index is 0.0691. The van der Waals surface area contributed by atoms with Crippen molar-refractivity contribution in [1.82, 2.24) is 0 Å². The molecule has 132 valence electrons. The summed E-state index contributed by atoms with van der Waals surface area (Å²) in [6.07, 6.45) is -1.35. The predicted octanol–water partition coefficient (Wildman–Crippen LogP) is 3.39. The highest BCUT2D eigenvalue weighted by molar-refractivity contribution is 5.88. The molecular weight excluding hydrogens is 320 g/mol. The third kappa shape index (κ3) is 5.93. The van der Waals surface area contributed by atoms with Gasteiger partial charge in [-0.1, -0.05) is 42.5 Å². The van der Waals surface area contributed by atoms with Crippen molar-refractivity contribution in [3.63, 3.8) is 0 Å². The van der Waals surface area contributed by atoms with E-state index in [0.29, 0.717) is 5.69 Å². The van der Waals surface area contributed by atoms with E-state index in [1.165, 1.54) is 6.92 Å². The first-order valence-corrected chi connectivity index (χ1v) is 7.96. The molecular formula is C19H22N2O4. The van der Waals surface area contributed by atoms with Crippen LogP contribution in [-0.4, -0.2) is 18.1 Å². The second-order valence-corrected chi connectivity index (χ2v) is 5.73. The van der Waals surface area contributed by atoms with E-state index >= 15 is 0 Å². The van der Waals surface area contributed by atoms with Gasteiger partial charge in [0.05, 0.1) is 0 Å². The fraction of sp³-hybridized carbons (Fsp3) is 0.263. The highest BCUT2D eigenvalue weighted by Crippen LogP contribution is 2.21. The van der Waals surface area contributed by atoms with Crippen LogP contribution in [0.3, 0.4) is 0 Å². The number of nitrogens with one attached hydrogen (secondary N) is 1. The maximum atomic E-state index is 12.0. The number of ether oxygens (including phenoxy) is 2. The van der Waals surface area contributed by atoms with Gasteiger partial charge in [-0.05, 0) is 30.2 Å². The second-order valence-electron chi connectivity index (χ2n) is 5.73. The molecule has 0 bridgehead atoms. The Hall–Kier alpha value is -2.86. The summed E-state index contributed by atoms with van der Waals surface area (Å²) >= 11 is 0. The Labute approximate surface area is 146 Å². The summed E-state index contributed by atoms with van der Waals surface area (Å²) in [6, 6.07) is 15.9. The third-order valence-corrected chi connectivity index (χ3v) is 3.46. The quantitative estimate of drug-likeness (QED) is 0.785. The van der Waals surface area contributed by atoms with Gasteiger partial charge in [-0.25, -0.2) is 4.79 Å². The summed E-state index contributed by atoms with van der Waals surface area (Å²) < 4.78 is 10.5. The summed E-state index contributed by atoms with van der Waals surface area (Å²) in [5.41, 5.74) is 8.19. The maximum Gasteiger partial charge on any atom is 0.509 e. The highest BCUT2D eigenvalue weighted by Gasteiger charge is 2.21. The van der Waals surface area contributed by atoms with Gasteiger partial charge in [0.2, 0.25) is 5.91 Å². The molecule has 1 amide bonds. The largest absolute Gasteiger partial charge is 0.509 e. The number of rotatable bonds is 6. The summed E-state index contributed by atoms with van der Waals surface area (Å²) in [5, 5.41) is 2.67. The number of anilines is 1. The monoisotopic (exact) mass is 342 g/mol. The molecule has 0 aliphatic rings. The van der Waals surface area contributed by atoms with E-state index in [9.17, 15) is 9.59 Å².